The molecule has 0 fully saturated rings. The van der Waals surface area contributed by atoms with Gasteiger partial charge < -0.3 is 9.73 Å². The van der Waals surface area contributed by atoms with E-state index in [-0.39, 0.29) is 11.7 Å². The van der Waals surface area contributed by atoms with Crippen LogP contribution in [0.5, 0.6) is 0 Å². The quantitative estimate of drug-likeness (QED) is 0.782. The third-order valence-electron chi connectivity index (χ3n) is 3.64. The number of hydrogen-bond donors (Lipinski definition) is 1. The van der Waals surface area contributed by atoms with Gasteiger partial charge in [0, 0.05) is 6.20 Å². The van der Waals surface area contributed by atoms with Crippen LogP contribution in [0.2, 0.25) is 5.02 Å². The van der Waals surface area contributed by atoms with Crippen LogP contribution in [0.1, 0.15) is 33.3 Å². The number of nitrogens with one attached hydrogen (secondary N) is 1. The first-order valence-corrected chi connectivity index (χ1v) is 7.84. The summed E-state index contributed by atoms with van der Waals surface area (Å²) in [6.45, 7) is 6.08. The molecular formula is C17H17ClN4O2. The van der Waals surface area contributed by atoms with Crippen molar-refractivity contribution in [1.29, 1.82) is 0 Å². The normalized spacial score (nSPS) is 10.8. The fourth-order valence-electron chi connectivity index (χ4n) is 2.34. The summed E-state index contributed by atoms with van der Waals surface area (Å²) in [6, 6.07) is 7.04. The summed E-state index contributed by atoms with van der Waals surface area (Å²) in [6.07, 6.45) is 1.64. The van der Waals surface area contributed by atoms with E-state index >= 15 is 0 Å². The van der Waals surface area contributed by atoms with Gasteiger partial charge in [-0.2, -0.15) is 5.10 Å². The van der Waals surface area contributed by atoms with Crippen LogP contribution in [0.15, 0.2) is 34.9 Å². The molecule has 0 aromatic carbocycles. The first kappa shape index (κ1) is 16.3. The zero-order valence-corrected chi connectivity index (χ0v) is 14.4. The van der Waals surface area contributed by atoms with Gasteiger partial charge in [-0.15, -0.1) is 0 Å². The van der Waals surface area contributed by atoms with Gasteiger partial charge in [0.05, 0.1) is 23.0 Å². The highest BCUT2D eigenvalue weighted by Gasteiger charge is 2.15. The molecule has 0 aliphatic rings. The highest BCUT2D eigenvalue weighted by molar-refractivity contribution is 6.31. The van der Waals surface area contributed by atoms with E-state index in [4.69, 9.17) is 16.0 Å². The average Bonchev–Trinajstić information content (AvgIpc) is 3.09. The highest BCUT2D eigenvalue weighted by Crippen LogP contribution is 2.20. The van der Waals surface area contributed by atoms with Crippen LogP contribution in [-0.4, -0.2) is 20.7 Å². The second-order valence-corrected chi connectivity index (χ2v) is 5.96. The van der Waals surface area contributed by atoms with E-state index in [1.807, 2.05) is 26.8 Å². The van der Waals surface area contributed by atoms with Crippen molar-refractivity contribution in [3.05, 3.63) is 64.0 Å². The van der Waals surface area contributed by atoms with Gasteiger partial charge in [-0.05, 0) is 50.6 Å². The van der Waals surface area contributed by atoms with Crippen LogP contribution in [0.4, 0.5) is 5.82 Å². The number of halogens is 1. The van der Waals surface area contributed by atoms with Crippen molar-refractivity contribution < 1.29 is 9.21 Å². The molecule has 0 atom stereocenters. The molecule has 3 aromatic heterocycles. The SMILES string of the molecule is Cc1ccnc(NC(=O)c2ccc(Cn3nc(C)c(Cl)c3C)o2)c1. The standard InChI is InChI=1S/C17H17ClN4O2/c1-10-6-7-19-15(8-10)20-17(23)14-5-4-13(24-14)9-22-12(3)16(18)11(2)21-22/h4-8H,9H2,1-3H3,(H,19,20,23). The lowest BCUT2D eigenvalue weighted by Gasteiger charge is -2.03. The molecule has 0 aliphatic heterocycles. The molecule has 0 spiro atoms. The largest absolute Gasteiger partial charge is 0.454 e. The molecule has 0 radical (unpaired) electrons. The number of furan rings is 1. The Kier molecular flexibility index (Phi) is 4.40. The summed E-state index contributed by atoms with van der Waals surface area (Å²) in [5, 5.41) is 7.71. The van der Waals surface area contributed by atoms with Crippen molar-refractivity contribution in [3.8, 4) is 0 Å². The van der Waals surface area contributed by atoms with Crippen LogP contribution < -0.4 is 5.32 Å². The zero-order chi connectivity index (χ0) is 17.3. The van der Waals surface area contributed by atoms with Crippen LogP contribution >= 0.6 is 11.6 Å². The van der Waals surface area contributed by atoms with Crippen molar-refractivity contribution in [3.63, 3.8) is 0 Å². The lowest BCUT2D eigenvalue weighted by molar-refractivity contribution is 0.0994. The lowest BCUT2D eigenvalue weighted by Crippen LogP contribution is -2.12. The van der Waals surface area contributed by atoms with Crippen molar-refractivity contribution in [2.24, 2.45) is 0 Å². The predicted octanol–water partition coefficient (Wildman–Crippen LogP) is 3.75. The smallest absolute Gasteiger partial charge is 0.292 e. The molecule has 7 heteroatoms. The Bertz CT molecular complexity index is 898. The maximum Gasteiger partial charge on any atom is 0.292 e. The summed E-state index contributed by atoms with van der Waals surface area (Å²) in [5.41, 5.74) is 2.64. The number of pyridine rings is 1. The number of amides is 1. The Morgan fingerprint density at radius 3 is 2.75 bits per heavy atom. The van der Waals surface area contributed by atoms with E-state index in [9.17, 15) is 4.79 Å². The number of aromatic nitrogens is 3. The topological polar surface area (TPSA) is 73.0 Å². The molecule has 3 rings (SSSR count). The number of anilines is 1. The number of aryl methyl sites for hydroxylation is 2. The Hall–Kier alpha value is -2.60. The van der Waals surface area contributed by atoms with Gasteiger partial charge in [-0.25, -0.2) is 4.98 Å². The monoisotopic (exact) mass is 344 g/mol. The third-order valence-corrected chi connectivity index (χ3v) is 4.19. The Morgan fingerprint density at radius 1 is 1.29 bits per heavy atom. The van der Waals surface area contributed by atoms with Crippen LogP contribution in [-0.2, 0) is 6.54 Å². The van der Waals surface area contributed by atoms with Gasteiger partial charge in [-0.1, -0.05) is 11.6 Å². The molecular weight excluding hydrogens is 328 g/mol. The first-order chi connectivity index (χ1) is 11.4. The van der Waals surface area contributed by atoms with Gasteiger partial charge in [-0.3, -0.25) is 9.48 Å². The number of carbonyl (C=O) groups is 1. The molecule has 1 N–H and O–H groups in total. The zero-order valence-electron chi connectivity index (χ0n) is 13.6. The summed E-state index contributed by atoms with van der Waals surface area (Å²) >= 11 is 6.14. The summed E-state index contributed by atoms with van der Waals surface area (Å²) in [7, 11) is 0. The summed E-state index contributed by atoms with van der Waals surface area (Å²) in [5.74, 6) is 0.995. The second-order valence-electron chi connectivity index (χ2n) is 5.58. The molecule has 0 aliphatic carbocycles. The van der Waals surface area contributed by atoms with Gasteiger partial charge >= 0.3 is 0 Å². The van der Waals surface area contributed by atoms with Crippen molar-refractivity contribution in [2.75, 3.05) is 5.32 Å². The lowest BCUT2D eigenvalue weighted by atomic mass is 10.3. The molecule has 6 nitrogen and oxygen atoms in total. The van der Waals surface area contributed by atoms with E-state index in [1.54, 1.807) is 29.1 Å². The van der Waals surface area contributed by atoms with Gasteiger partial charge in [0.2, 0.25) is 0 Å². The number of rotatable bonds is 4. The van der Waals surface area contributed by atoms with Crippen LogP contribution in [0, 0.1) is 20.8 Å². The van der Waals surface area contributed by atoms with E-state index in [1.165, 1.54) is 0 Å². The molecule has 0 unspecified atom stereocenters. The number of hydrogen-bond acceptors (Lipinski definition) is 4. The predicted molar refractivity (Wildman–Crippen MR) is 91.4 cm³/mol. The van der Waals surface area contributed by atoms with Crippen molar-refractivity contribution >= 4 is 23.3 Å². The van der Waals surface area contributed by atoms with E-state index in [0.717, 1.165) is 17.0 Å². The molecule has 0 saturated carbocycles. The first-order valence-electron chi connectivity index (χ1n) is 7.46. The van der Waals surface area contributed by atoms with Crippen LogP contribution in [0.3, 0.4) is 0 Å². The number of carbonyl (C=O) groups excluding carboxylic acids is 1. The van der Waals surface area contributed by atoms with Crippen molar-refractivity contribution in [2.45, 2.75) is 27.3 Å². The molecule has 1 amide bonds. The number of nitrogens with zero attached hydrogens (tertiary/aromatic N) is 3. The second kappa shape index (κ2) is 6.49. The Balaban J connectivity index is 1.73. The summed E-state index contributed by atoms with van der Waals surface area (Å²) in [4.78, 5) is 16.3. The van der Waals surface area contributed by atoms with Gasteiger partial charge in [0.1, 0.15) is 11.6 Å². The van der Waals surface area contributed by atoms with E-state index < -0.39 is 0 Å². The maximum atomic E-state index is 12.2. The van der Waals surface area contributed by atoms with E-state index in [0.29, 0.717) is 23.1 Å². The molecule has 24 heavy (non-hydrogen) atoms. The molecule has 3 heterocycles. The van der Waals surface area contributed by atoms with Crippen molar-refractivity contribution in [1.82, 2.24) is 14.8 Å². The highest BCUT2D eigenvalue weighted by atomic mass is 35.5. The molecule has 0 bridgehead atoms. The fraction of sp³-hybridized carbons (Fsp3) is 0.235. The maximum absolute atomic E-state index is 12.2. The van der Waals surface area contributed by atoms with Crippen LogP contribution in [0.25, 0.3) is 0 Å². The van der Waals surface area contributed by atoms with Gasteiger partial charge in [0.15, 0.2) is 5.76 Å². The molecule has 124 valence electrons. The Morgan fingerprint density at radius 2 is 2.08 bits per heavy atom. The molecule has 3 aromatic rings. The average molecular weight is 345 g/mol. The Labute approximate surface area is 144 Å². The molecule has 0 saturated heterocycles. The minimum Gasteiger partial charge on any atom is -0.454 e. The third kappa shape index (κ3) is 3.33. The minimum atomic E-state index is -0.342. The van der Waals surface area contributed by atoms with Gasteiger partial charge in [0.25, 0.3) is 5.91 Å². The minimum absolute atomic E-state index is 0.223. The fourth-order valence-corrected chi connectivity index (χ4v) is 2.48. The van der Waals surface area contributed by atoms with E-state index in [2.05, 4.69) is 15.4 Å². The summed E-state index contributed by atoms with van der Waals surface area (Å²) < 4.78 is 7.36.